The average molecular weight is 560 g/mol. The van der Waals surface area contributed by atoms with Gasteiger partial charge in [0.05, 0.1) is 22.7 Å². The summed E-state index contributed by atoms with van der Waals surface area (Å²) in [4.78, 5) is 11.5. The molecule has 3 N–H and O–H groups in total. The quantitative estimate of drug-likeness (QED) is 0.155. The van der Waals surface area contributed by atoms with E-state index in [-0.39, 0.29) is 11.0 Å². The second-order valence-corrected chi connectivity index (χ2v) is 10.4. The molecule has 0 radical (unpaired) electrons. The number of nitrogens with one attached hydrogen (secondary N) is 2. The predicted molar refractivity (Wildman–Crippen MR) is 154 cm³/mol. The second kappa shape index (κ2) is 10.1. The minimum Gasteiger partial charge on any atom is -0.454 e. The van der Waals surface area contributed by atoms with Gasteiger partial charge in [-0.15, -0.1) is 0 Å². The number of fused-ring (bicyclic) bond motifs is 2. The maximum atomic E-state index is 13.1. The van der Waals surface area contributed by atoms with Gasteiger partial charge < -0.3 is 19.8 Å². The highest BCUT2D eigenvalue weighted by Gasteiger charge is 2.30. The number of aliphatic hydroxyl groups excluding tert-OH is 1. The fraction of sp³-hybridized carbons (Fsp3) is 0.129. The normalized spacial score (nSPS) is 13.6. The molecule has 2 aromatic heterocycles. The molecule has 2 unspecified atom stereocenters. The van der Waals surface area contributed by atoms with E-state index in [1.807, 2.05) is 73.7 Å². The summed E-state index contributed by atoms with van der Waals surface area (Å²) < 4.78 is 45.3. The minimum absolute atomic E-state index is 0.242. The van der Waals surface area contributed by atoms with Crippen LogP contribution in [0.2, 0.25) is 0 Å². The molecule has 0 fully saturated rings. The Kier molecular flexibility index (Phi) is 6.56. The van der Waals surface area contributed by atoms with Gasteiger partial charge in [-0.3, -0.25) is 0 Å². The number of para-hydroxylation sites is 1. The van der Waals surface area contributed by atoms with E-state index in [9.17, 15) is 18.3 Å². The summed E-state index contributed by atoms with van der Waals surface area (Å²) in [6.45, 7) is 1.85. The summed E-state index contributed by atoms with van der Waals surface area (Å²) in [6, 6.07) is 25.6. The summed E-state index contributed by atoms with van der Waals surface area (Å²) in [5.41, 5.74) is 4.70. The number of aliphatic hydroxyl groups is 1. The molecule has 40 heavy (non-hydrogen) atoms. The van der Waals surface area contributed by atoms with Crippen LogP contribution in [0.25, 0.3) is 44.6 Å². The molecule has 0 aliphatic rings. The van der Waals surface area contributed by atoms with E-state index >= 15 is 0 Å². The van der Waals surface area contributed by atoms with Crippen molar-refractivity contribution in [1.29, 1.82) is 0 Å². The van der Waals surface area contributed by atoms with Crippen molar-refractivity contribution in [2.24, 2.45) is 0 Å². The Morgan fingerprint density at radius 1 is 0.875 bits per heavy atom. The zero-order valence-corrected chi connectivity index (χ0v) is 22.1. The van der Waals surface area contributed by atoms with Crippen LogP contribution in [-0.4, -0.2) is 25.3 Å². The third-order valence-corrected chi connectivity index (χ3v) is 7.11. The van der Waals surface area contributed by atoms with E-state index in [0.717, 1.165) is 50.8 Å². The SMILES string of the molecule is CC(S)C(O)c1ccccc1-c1ccc2nc(-c3[nH]c4ccccc4c3Oc3ccc(C(F)(F)F)cc3)[nH]c2c1. The first-order valence-electron chi connectivity index (χ1n) is 12.6. The number of benzene rings is 4. The van der Waals surface area contributed by atoms with Crippen LogP contribution in [0, 0.1) is 0 Å². The molecule has 6 rings (SSSR count). The highest BCUT2D eigenvalue weighted by atomic mass is 32.1. The molecule has 0 bridgehead atoms. The summed E-state index contributed by atoms with van der Waals surface area (Å²) in [6.07, 6.45) is -5.16. The Bertz CT molecular complexity index is 1820. The number of nitrogens with zero attached hydrogens (tertiary/aromatic N) is 1. The lowest BCUT2D eigenvalue weighted by Crippen LogP contribution is -2.09. The van der Waals surface area contributed by atoms with Gasteiger partial charge in [0.15, 0.2) is 11.6 Å². The lowest BCUT2D eigenvalue weighted by Gasteiger charge is -2.18. The van der Waals surface area contributed by atoms with Crippen LogP contribution < -0.4 is 4.74 Å². The lowest BCUT2D eigenvalue weighted by molar-refractivity contribution is -0.137. The molecular formula is C31H24F3N3O2S. The largest absolute Gasteiger partial charge is 0.454 e. The van der Waals surface area contributed by atoms with Gasteiger partial charge in [0.2, 0.25) is 0 Å². The number of alkyl halides is 3. The Balaban J connectivity index is 1.41. The highest BCUT2D eigenvalue weighted by Crippen LogP contribution is 2.40. The van der Waals surface area contributed by atoms with E-state index in [1.54, 1.807) is 0 Å². The van der Waals surface area contributed by atoms with Crippen LogP contribution in [-0.2, 0) is 6.18 Å². The standard InChI is InChI=1S/C31H24F3N3O2S/c1-17(40)28(38)22-7-3-2-6-21(22)18-10-15-25-26(16-18)37-30(36-25)27-29(23-8-4-5-9-24(23)35-27)39-20-13-11-19(12-14-20)31(32,33)34/h2-17,28,35,38,40H,1H3,(H,36,37). The first kappa shape index (κ1) is 26.0. The van der Waals surface area contributed by atoms with Crippen molar-refractivity contribution in [1.82, 2.24) is 15.0 Å². The van der Waals surface area contributed by atoms with Crippen molar-refractivity contribution in [3.05, 3.63) is 102 Å². The topological polar surface area (TPSA) is 73.9 Å². The minimum atomic E-state index is -4.43. The molecule has 2 heterocycles. The fourth-order valence-corrected chi connectivity index (χ4v) is 4.95. The third-order valence-electron chi connectivity index (χ3n) is 6.83. The maximum Gasteiger partial charge on any atom is 0.416 e. The Morgan fingerprint density at radius 3 is 2.35 bits per heavy atom. The highest BCUT2D eigenvalue weighted by molar-refractivity contribution is 7.81. The van der Waals surface area contributed by atoms with Gasteiger partial charge in [-0.2, -0.15) is 25.8 Å². The molecule has 2 atom stereocenters. The van der Waals surface area contributed by atoms with Gasteiger partial charge in [0.25, 0.3) is 0 Å². The van der Waals surface area contributed by atoms with E-state index in [4.69, 9.17) is 9.72 Å². The first-order valence-corrected chi connectivity index (χ1v) is 13.1. The molecule has 9 heteroatoms. The van der Waals surface area contributed by atoms with Crippen LogP contribution in [0.15, 0.2) is 91.0 Å². The van der Waals surface area contributed by atoms with E-state index < -0.39 is 17.8 Å². The van der Waals surface area contributed by atoms with Gasteiger partial charge in [-0.25, -0.2) is 4.98 Å². The Morgan fingerprint density at radius 2 is 1.60 bits per heavy atom. The van der Waals surface area contributed by atoms with Crippen LogP contribution in [0.3, 0.4) is 0 Å². The molecule has 0 amide bonds. The van der Waals surface area contributed by atoms with Crippen LogP contribution in [0.5, 0.6) is 11.5 Å². The molecule has 0 spiro atoms. The maximum absolute atomic E-state index is 13.1. The molecule has 0 aliphatic heterocycles. The second-order valence-electron chi connectivity index (χ2n) is 9.59. The molecule has 4 aromatic carbocycles. The number of thiol groups is 1. The third kappa shape index (κ3) is 4.82. The van der Waals surface area contributed by atoms with Crippen molar-refractivity contribution in [2.75, 3.05) is 0 Å². The molecule has 0 saturated heterocycles. The summed E-state index contributed by atoms with van der Waals surface area (Å²) in [5.74, 6) is 1.24. The number of rotatable bonds is 6. The van der Waals surface area contributed by atoms with Crippen molar-refractivity contribution >= 4 is 34.6 Å². The number of hydrogen-bond acceptors (Lipinski definition) is 4. The van der Waals surface area contributed by atoms with Crippen molar-refractivity contribution in [3.8, 4) is 34.1 Å². The Labute approximate surface area is 233 Å². The van der Waals surface area contributed by atoms with Gasteiger partial charge in [-0.1, -0.05) is 49.4 Å². The van der Waals surface area contributed by atoms with E-state index in [0.29, 0.717) is 17.3 Å². The van der Waals surface area contributed by atoms with Gasteiger partial charge in [-0.05, 0) is 65.2 Å². The molecule has 5 nitrogen and oxygen atoms in total. The van der Waals surface area contributed by atoms with Crippen molar-refractivity contribution in [3.63, 3.8) is 0 Å². The molecule has 6 aromatic rings. The zero-order valence-electron chi connectivity index (χ0n) is 21.2. The molecule has 202 valence electrons. The molecule has 0 saturated carbocycles. The number of halogens is 3. The number of H-pyrrole nitrogens is 2. The van der Waals surface area contributed by atoms with Crippen LogP contribution >= 0.6 is 12.6 Å². The van der Waals surface area contributed by atoms with Crippen molar-refractivity contribution in [2.45, 2.75) is 24.5 Å². The average Bonchev–Trinajstić information content (AvgIpc) is 3.53. The van der Waals surface area contributed by atoms with Gasteiger partial charge in [0, 0.05) is 16.2 Å². The van der Waals surface area contributed by atoms with E-state index in [1.165, 1.54) is 12.1 Å². The number of ether oxygens (including phenoxy) is 1. The summed E-state index contributed by atoms with van der Waals surface area (Å²) in [5, 5.41) is 11.2. The zero-order chi connectivity index (χ0) is 28.0. The lowest BCUT2D eigenvalue weighted by atomic mass is 9.95. The summed E-state index contributed by atoms with van der Waals surface area (Å²) in [7, 11) is 0. The Hall–Kier alpha value is -4.21. The van der Waals surface area contributed by atoms with Crippen molar-refractivity contribution < 1.29 is 23.0 Å². The fourth-order valence-electron chi connectivity index (χ4n) is 4.79. The monoisotopic (exact) mass is 559 g/mol. The van der Waals surface area contributed by atoms with Crippen LogP contribution in [0.4, 0.5) is 13.2 Å². The number of hydrogen-bond donors (Lipinski definition) is 4. The smallest absolute Gasteiger partial charge is 0.416 e. The number of imidazole rings is 1. The summed E-state index contributed by atoms with van der Waals surface area (Å²) >= 11 is 4.42. The molecule has 0 aliphatic carbocycles. The van der Waals surface area contributed by atoms with E-state index in [2.05, 4.69) is 22.6 Å². The van der Waals surface area contributed by atoms with Gasteiger partial charge in [0.1, 0.15) is 11.4 Å². The predicted octanol–water partition coefficient (Wildman–Crippen LogP) is 8.54. The first-order chi connectivity index (χ1) is 19.2. The molecular weight excluding hydrogens is 535 g/mol. The van der Waals surface area contributed by atoms with Gasteiger partial charge >= 0.3 is 6.18 Å². The number of aromatic nitrogens is 3. The number of aromatic amines is 2. The van der Waals surface area contributed by atoms with Crippen LogP contribution in [0.1, 0.15) is 24.2 Å².